The smallest absolute Gasteiger partial charge is 0.464 e. The maximum absolute atomic E-state index is 12.1. The molecule has 0 rings (SSSR count). The fraction of sp³-hybridized carbons (Fsp3) is 0.750. The predicted molar refractivity (Wildman–Crippen MR) is 52.9 cm³/mol. The van der Waals surface area contributed by atoms with E-state index in [1.165, 1.54) is 5.32 Å². The molecule has 0 aliphatic carbocycles. The Morgan fingerprint density at radius 3 is 2.18 bits per heavy atom. The quantitative estimate of drug-likeness (QED) is 0.607. The first-order chi connectivity index (χ1) is 7.73. The largest absolute Gasteiger partial charge is 0.471 e. The van der Waals surface area contributed by atoms with Crippen molar-refractivity contribution in [3.63, 3.8) is 0 Å². The van der Waals surface area contributed by atoms with Crippen LogP contribution in [0.3, 0.4) is 0 Å². The highest BCUT2D eigenvalue weighted by molar-refractivity contribution is 7.27. The van der Waals surface area contributed by atoms with Crippen molar-refractivity contribution in [3.05, 3.63) is 0 Å². The number of amides is 1. The zero-order valence-corrected chi connectivity index (χ0v) is 10.2. The van der Waals surface area contributed by atoms with Crippen molar-refractivity contribution < 1.29 is 32.1 Å². The molecule has 0 aromatic rings. The number of hydrogen-bond donors (Lipinski definition) is 1. The molecule has 0 radical (unpaired) electrons. The number of carbonyl (C=O) groups is 2. The van der Waals surface area contributed by atoms with Crippen LogP contribution >= 0.6 is 8.46 Å². The lowest BCUT2D eigenvalue weighted by Gasteiger charge is -2.19. The molecule has 0 aromatic carbocycles. The van der Waals surface area contributed by atoms with Gasteiger partial charge in [-0.2, -0.15) is 13.2 Å². The molecule has 0 fully saturated rings. The number of carbonyl (C=O) groups excluding carboxylic acids is 2. The summed E-state index contributed by atoms with van der Waals surface area (Å²) in [6.45, 7) is 1.57. The Hall–Kier alpha value is -1.17. The second-order valence-corrected chi connectivity index (χ2v) is 4.26. The van der Waals surface area contributed by atoms with Crippen molar-refractivity contribution in [1.29, 1.82) is 0 Å². The van der Waals surface area contributed by atoms with E-state index in [0.29, 0.717) is 0 Å². The molecular weight excluding hydrogens is 262 g/mol. The van der Waals surface area contributed by atoms with Crippen LogP contribution in [0.15, 0.2) is 0 Å². The van der Waals surface area contributed by atoms with Gasteiger partial charge in [0.25, 0.3) is 0 Å². The second-order valence-electron chi connectivity index (χ2n) is 3.20. The topological polar surface area (TPSA) is 72.5 Å². The van der Waals surface area contributed by atoms with Crippen molar-refractivity contribution >= 4 is 20.3 Å². The molecule has 0 heterocycles. The molecule has 2 unspecified atom stereocenters. The summed E-state index contributed by atoms with van der Waals surface area (Å²) in [5, 5.41) is -0.696. The minimum absolute atomic E-state index is 0.205. The van der Waals surface area contributed by atoms with Gasteiger partial charge < -0.3 is 4.74 Å². The maximum Gasteiger partial charge on any atom is 0.471 e. The highest BCUT2D eigenvalue weighted by atomic mass is 31.1. The number of alkyl halides is 3. The SMILES string of the molecule is CCCC(NC(=O)C(F)(F)F)([PH+]=O)C(=O)OC. The Balaban J connectivity index is 5.13. The van der Waals surface area contributed by atoms with Crippen molar-refractivity contribution in [3.8, 4) is 0 Å². The van der Waals surface area contributed by atoms with Crippen LogP contribution in [0.4, 0.5) is 13.2 Å². The number of esters is 1. The minimum atomic E-state index is -5.15. The molecule has 1 N–H and O–H groups in total. The average molecular weight is 274 g/mol. The lowest BCUT2D eigenvalue weighted by Crippen LogP contribution is -2.54. The highest BCUT2D eigenvalue weighted by Gasteiger charge is 2.54. The molecule has 0 saturated carbocycles. The van der Waals surface area contributed by atoms with Gasteiger partial charge in [0.2, 0.25) is 0 Å². The molecule has 5 nitrogen and oxygen atoms in total. The van der Waals surface area contributed by atoms with Crippen LogP contribution in [0.2, 0.25) is 0 Å². The molecule has 17 heavy (non-hydrogen) atoms. The number of hydrogen-bond acceptors (Lipinski definition) is 4. The van der Waals surface area contributed by atoms with Gasteiger partial charge in [0.05, 0.1) is 7.11 Å². The van der Waals surface area contributed by atoms with E-state index in [1.807, 2.05) is 0 Å². The first-order valence-corrected chi connectivity index (χ1v) is 5.51. The van der Waals surface area contributed by atoms with Crippen molar-refractivity contribution in [2.45, 2.75) is 31.2 Å². The monoisotopic (exact) mass is 274 g/mol. The molecule has 0 aliphatic rings. The van der Waals surface area contributed by atoms with E-state index in [9.17, 15) is 27.3 Å². The third kappa shape index (κ3) is 3.96. The molecule has 0 aliphatic heterocycles. The van der Waals surface area contributed by atoms with E-state index in [0.717, 1.165) is 7.11 Å². The van der Waals surface area contributed by atoms with Gasteiger partial charge in [0.1, 0.15) is 0 Å². The Morgan fingerprint density at radius 2 is 1.88 bits per heavy atom. The highest BCUT2D eigenvalue weighted by Crippen LogP contribution is 2.29. The Labute approximate surface area is 96.9 Å². The van der Waals surface area contributed by atoms with E-state index in [2.05, 4.69) is 4.74 Å². The molecule has 0 bridgehead atoms. The third-order valence-electron chi connectivity index (χ3n) is 1.92. The summed E-state index contributed by atoms with van der Waals surface area (Å²) in [5.41, 5.74) is 0. The number of halogens is 3. The van der Waals surface area contributed by atoms with Crippen LogP contribution in [0.5, 0.6) is 0 Å². The lowest BCUT2D eigenvalue weighted by atomic mass is 10.1. The summed E-state index contributed by atoms with van der Waals surface area (Å²) in [6.07, 6.45) is -5.10. The van der Waals surface area contributed by atoms with Crippen LogP contribution in [0, 0.1) is 0 Å². The number of ether oxygens (including phenoxy) is 1. The summed E-state index contributed by atoms with van der Waals surface area (Å²) < 4.78 is 51.4. The normalized spacial score (nSPS) is 15.1. The number of rotatable bonds is 5. The summed E-state index contributed by atoms with van der Waals surface area (Å²) in [7, 11) is -0.534. The van der Waals surface area contributed by atoms with Crippen LogP contribution in [-0.4, -0.2) is 30.4 Å². The van der Waals surface area contributed by atoms with E-state index in [-0.39, 0.29) is 12.8 Å². The summed E-state index contributed by atoms with van der Waals surface area (Å²) in [5.74, 6) is -3.48. The summed E-state index contributed by atoms with van der Waals surface area (Å²) >= 11 is 0. The van der Waals surface area contributed by atoms with Crippen LogP contribution < -0.4 is 5.32 Å². The third-order valence-corrected chi connectivity index (χ3v) is 2.85. The van der Waals surface area contributed by atoms with Gasteiger partial charge >= 0.3 is 31.8 Å². The Morgan fingerprint density at radius 1 is 1.35 bits per heavy atom. The van der Waals surface area contributed by atoms with Crippen LogP contribution in [-0.2, 0) is 18.9 Å². The molecule has 0 aromatic heterocycles. The molecule has 0 saturated heterocycles. The van der Waals surface area contributed by atoms with Crippen molar-refractivity contribution in [1.82, 2.24) is 5.32 Å². The van der Waals surface area contributed by atoms with Crippen LogP contribution in [0.25, 0.3) is 0 Å². The van der Waals surface area contributed by atoms with E-state index >= 15 is 0 Å². The molecular formula is C8H12F3NO4P+. The first kappa shape index (κ1) is 15.8. The Kier molecular flexibility index (Phi) is 5.54. The molecule has 2 atom stereocenters. The molecule has 1 amide bonds. The zero-order chi connectivity index (χ0) is 13.7. The first-order valence-electron chi connectivity index (χ1n) is 4.60. The average Bonchev–Trinajstić information content (AvgIpc) is 2.25. The molecule has 0 spiro atoms. The predicted octanol–water partition coefficient (Wildman–Crippen LogP) is 1.36. The molecule has 98 valence electrons. The maximum atomic E-state index is 12.1. The van der Waals surface area contributed by atoms with E-state index in [1.54, 1.807) is 6.92 Å². The van der Waals surface area contributed by atoms with E-state index in [4.69, 9.17) is 0 Å². The van der Waals surface area contributed by atoms with Gasteiger partial charge in [-0.3, -0.25) is 10.1 Å². The van der Waals surface area contributed by atoms with Gasteiger partial charge in [-0.05, 0) is 6.42 Å². The number of nitrogens with one attached hydrogen (secondary N) is 1. The van der Waals surface area contributed by atoms with Gasteiger partial charge in [-0.1, -0.05) is 11.5 Å². The number of methoxy groups -OCH3 is 1. The lowest BCUT2D eigenvalue weighted by molar-refractivity contribution is -0.176. The van der Waals surface area contributed by atoms with Gasteiger partial charge in [-0.25, -0.2) is 4.79 Å². The summed E-state index contributed by atoms with van der Waals surface area (Å²) in [4.78, 5) is 22.1. The summed E-state index contributed by atoms with van der Waals surface area (Å²) in [6, 6.07) is 0. The fourth-order valence-electron chi connectivity index (χ4n) is 1.15. The Bertz CT molecular complexity index is 320. The van der Waals surface area contributed by atoms with Gasteiger partial charge in [0.15, 0.2) is 0 Å². The zero-order valence-electron chi connectivity index (χ0n) is 9.18. The second kappa shape index (κ2) is 5.95. The van der Waals surface area contributed by atoms with Crippen molar-refractivity contribution in [2.24, 2.45) is 0 Å². The molecule has 9 heteroatoms. The van der Waals surface area contributed by atoms with Gasteiger partial charge in [-0.15, -0.1) is 0 Å². The fourth-order valence-corrected chi connectivity index (χ4v) is 1.85. The minimum Gasteiger partial charge on any atom is -0.464 e. The van der Waals surface area contributed by atoms with Crippen molar-refractivity contribution in [2.75, 3.05) is 7.11 Å². The van der Waals surface area contributed by atoms with E-state index < -0.39 is 31.8 Å². The van der Waals surface area contributed by atoms with Gasteiger partial charge in [0, 0.05) is 6.42 Å². The standard InChI is InChI=1S/C8H11F3NO4P/c1-3-4-7(17-15,6(14)16-2)12-5(13)8(9,10)11/h3-4H2,1-2H3,(H,12,13)/p+1. The van der Waals surface area contributed by atoms with Crippen LogP contribution in [0.1, 0.15) is 19.8 Å².